The topological polar surface area (TPSA) is 62.8 Å². The summed E-state index contributed by atoms with van der Waals surface area (Å²) in [7, 11) is 0. The summed E-state index contributed by atoms with van der Waals surface area (Å²) in [6.45, 7) is 5.82. The average Bonchev–Trinajstić information content (AvgIpc) is 2.97. The van der Waals surface area contributed by atoms with Crippen LogP contribution >= 0.6 is 0 Å². The Hall–Kier alpha value is -3.27. The fourth-order valence-electron chi connectivity index (χ4n) is 4.12. The van der Waals surface area contributed by atoms with E-state index in [-0.39, 0.29) is 0 Å². The van der Waals surface area contributed by atoms with Crippen LogP contribution in [0.2, 0.25) is 0 Å². The van der Waals surface area contributed by atoms with Gasteiger partial charge in [0, 0.05) is 17.2 Å². The van der Waals surface area contributed by atoms with Crippen molar-refractivity contribution in [1.29, 1.82) is 5.41 Å². The predicted octanol–water partition coefficient (Wildman–Crippen LogP) is 5.61. The zero-order valence-electron chi connectivity index (χ0n) is 16.0. The van der Waals surface area contributed by atoms with Gasteiger partial charge in [-0.05, 0) is 66.5 Å². The lowest BCUT2D eigenvalue weighted by atomic mass is 9.69. The van der Waals surface area contributed by atoms with Crippen LogP contribution in [-0.4, -0.2) is 10.9 Å². The molecule has 1 unspecified atom stereocenters. The Bertz CT molecular complexity index is 953. The number of rotatable bonds is 7. The molecule has 0 spiro atoms. The first-order valence-electron chi connectivity index (χ1n) is 9.21. The van der Waals surface area contributed by atoms with Crippen LogP contribution < -0.4 is 5.73 Å². The predicted molar refractivity (Wildman–Crippen MR) is 114 cm³/mol. The number of hydrogen-bond donors (Lipinski definition) is 2. The van der Waals surface area contributed by atoms with E-state index in [4.69, 9.17) is 11.1 Å². The first-order valence-corrected chi connectivity index (χ1v) is 9.21. The molecule has 0 aliphatic heterocycles. The van der Waals surface area contributed by atoms with E-state index in [9.17, 15) is 4.39 Å². The molecule has 1 aliphatic carbocycles. The Labute approximate surface area is 165 Å². The van der Waals surface area contributed by atoms with Gasteiger partial charge < -0.3 is 5.73 Å². The summed E-state index contributed by atoms with van der Waals surface area (Å²) in [6.07, 6.45) is 11.3. The van der Waals surface area contributed by atoms with Gasteiger partial charge in [-0.25, -0.2) is 0 Å². The summed E-state index contributed by atoms with van der Waals surface area (Å²) in [5.41, 5.74) is 11.2. The number of hydrogen-bond acceptors (Lipinski definition) is 3. The normalized spacial score (nSPS) is 18.8. The number of benzene rings is 1. The maximum Gasteiger partial charge on any atom is 0.205 e. The van der Waals surface area contributed by atoms with Gasteiger partial charge in [-0.2, -0.15) is 4.39 Å². The van der Waals surface area contributed by atoms with Crippen molar-refractivity contribution >= 4 is 5.97 Å². The standard InChI is InChI=1S/C24H24FN3/c1-3-17(11-12-26)15-24(16-18(4-2)14-22(25)27)20-9-6-5-8-19(20)23-21(24)10-7-13-28-23/h3-14,27H,2,15-16,26H2,1H3/b12-11-,17-3+,18-14+,27-22?. The van der Waals surface area contributed by atoms with Crippen LogP contribution in [0.3, 0.4) is 0 Å². The third kappa shape index (κ3) is 3.46. The lowest BCUT2D eigenvalue weighted by Gasteiger charge is -2.33. The van der Waals surface area contributed by atoms with Crippen LogP contribution in [0, 0.1) is 5.41 Å². The van der Waals surface area contributed by atoms with Crippen molar-refractivity contribution in [3.63, 3.8) is 0 Å². The SMILES string of the molecule is C=C/C(=C\C(=N)F)CC1(CC(/C=C\N)=C/C)c2ccccc2-c2ncccc21. The number of aromatic nitrogens is 1. The van der Waals surface area contributed by atoms with E-state index < -0.39 is 11.4 Å². The van der Waals surface area contributed by atoms with Gasteiger partial charge in [-0.1, -0.05) is 49.1 Å². The highest BCUT2D eigenvalue weighted by Crippen LogP contribution is 2.54. The molecule has 1 atom stereocenters. The Morgan fingerprint density at radius 1 is 1.18 bits per heavy atom. The summed E-state index contributed by atoms with van der Waals surface area (Å²) in [5, 5.41) is 7.26. The number of nitrogens with zero attached hydrogens (tertiary/aromatic N) is 1. The third-order valence-electron chi connectivity index (χ3n) is 5.29. The van der Waals surface area contributed by atoms with E-state index in [2.05, 4.69) is 29.8 Å². The first-order chi connectivity index (χ1) is 13.6. The third-order valence-corrected chi connectivity index (χ3v) is 5.29. The van der Waals surface area contributed by atoms with Crippen molar-refractivity contribution in [2.24, 2.45) is 5.73 Å². The van der Waals surface area contributed by atoms with Crippen LogP contribution in [0.5, 0.6) is 0 Å². The molecule has 142 valence electrons. The van der Waals surface area contributed by atoms with Crippen molar-refractivity contribution in [1.82, 2.24) is 4.98 Å². The first kappa shape index (κ1) is 19.5. The van der Waals surface area contributed by atoms with Crippen LogP contribution in [0.4, 0.5) is 4.39 Å². The molecule has 1 heterocycles. The second kappa shape index (κ2) is 8.17. The van der Waals surface area contributed by atoms with Gasteiger partial charge >= 0.3 is 0 Å². The van der Waals surface area contributed by atoms with Gasteiger partial charge in [-0.15, -0.1) is 0 Å². The zero-order valence-corrected chi connectivity index (χ0v) is 16.0. The zero-order chi connectivity index (χ0) is 20.1. The lowest BCUT2D eigenvalue weighted by molar-refractivity contribution is 0.523. The smallest absolute Gasteiger partial charge is 0.205 e. The lowest BCUT2D eigenvalue weighted by Crippen LogP contribution is -2.27. The molecule has 2 aromatic rings. The number of fused-ring (bicyclic) bond motifs is 3. The van der Waals surface area contributed by atoms with Gasteiger partial charge in [0.15, 0.2) is 0 Å². The summed E-state index contributed by atoms with van der Waals surface area (Å²) in [4.78, 5) is 4.65. The molecule has 28 heavy (non-hydrogen) atoms. The van der Waals surface area contributed by atoms with Gasteiger partial charge in [0.25, 0.3) is 0 Å². The molecule has 4 heteroatoms. The van der Waals surface area contributed by atoms with E-state index in [0.717, 1.165) is 28.0 Å². The van der Waals surface area contributed by atoms with Gasteiger partial charge in [0.2, 0.25) is 5.97 Å². The molecule has 3 nitrogen and oxygen atoms in total. The Kier molecular flexibility index (Phi) is 5.69. The summed E-state index contributed by atoms with van der Waals surface area (Å²) >= 11 is 0. The number of nitrogens with two attached hydrogens (primary N) is 1. The van der Waals surface area contributed by atoms with Gasteiger partial charge in [0.1, 0.15) is 0 Å². The van der Waals surface area contributed by atoms with Crippen molar-refractivity contribution in [3.05, 3.63) is 102 Å². The molecular weight excluding hydrogens is 349 g/mol. The highest BCUT2D eigenvalue weighted by atomic mass is 19.1. The highest BCUT2D eigenvalue weighted by molar-refractivity contribution is 5.85. The largest absolute Gasteiger partial charge is 0.405 e. The van der Waals surface area contributed by atoms with Crippen molar-refractivity contribution in [3.8, 4) is 11.3 Å². The van der Waals surface area contributed by atoms with E-state index in [1.54, 1.807) is 12.3 Å². The summed E-state index contributed by atoms with van der Waals surface area (Å²) < 4.78 is 13.4. The highest BCUT2D eigenvalue weighted by Gasteiger charge is 2.44. The minimum atomic E-state index is -0.976. The maximum absolute atomic E-state index is 13.4. The van der Waals surface area contributed by atoms with E-state index in [0.29, 0.717) is 18.4 Å². The molecule has 0 bridgehead atoms. The molecule has 0 amide bonds. The van der Waals surface area contributed by atoms with Crippen LogP contribution in [0.1, 0.15) is 30.9 Å². The molecule has 1 aromatic heterocycles. The Morgan fingerprint density at radius 3 is 2.57 bits per heavy atom. The molecule has 3 N–H and O–H groups in total. The van der Waals surface area contributed by atoms with Crippen molar-refractivity contribution in [2.45, 2.75) is 25.2 Å². The summed E-state index contributed by atoms with van der Waals surface area (Å²) in [5.74, 6) is -0.976. The summed E-state index contributed by atoms with van der Waals surface area (Å²) in [6, 6.07) is 12.2. The Morgan fingerprint density at radius 2 is 1.89 bits per heavy atom. The fraction of sp³-hybridized carbons (Fsp3) is 0.167. The average molecular weight is 373 g/mol. The van der Waals surface area contributed by atoms with Crippen molar-refractivity contribution in [2.75, 3.05) is 0 Å². The molecule has 0 fully saturated rings. The minimum absolute atomic E-state index is 0.447. The molecule has 1 aromatic carbocycles. The number of nitrogens with one attached hydrogen (secondary N) is 1. The van der Waals surface area contributed by atoms with E-state index in [1.807, 2.05) is 37.3 Å². The van der Waals surface area contributed by atoms with Crippen LogP contribution in [0.25, 0.3) is 11.3 Å². The van der Waals surface area contributed by atoms with Gasteiger partial charge in [0.05, 0.1) is 5.69 Å². The second-order valence-corrected chi connectivity index (χ2v) is 6.87. The molecule has 0 radical (unpaired) electrons. The number of halogens is 1. The quantitative estimate of drug-likeness (QED) is 0.490. The number of allylic oxidation sites excluding steroid dienone is 6. The fourth-order valence-corrected chi connectivity index (χ4v) is 4.12. The number of pyridine rings is 1. The van der Waals surface area contributed by atoms with E-state index >= 15 is 0 Å². The maximum atomic E-state index is 13.4. The van der Waals surface area contributed by atoms with Crippen LogP contribution in [-0.2, 0) is 5.41 Å². The molecular formula is C24H24FN3. The van der Waals surface area contributed by atoms with Gasteiger partial charge in [-0.3, -0.25) is 10.4 Å². The molecule has 3 rings (SSSR count). The van der Waals surface area contributed by atoms with E-state index in [1.165, 1.54) is 12.3 Å². The van der Waals surface area contributed by atoms with Crippen molar-refractivity contribution < 1.29 is 4.39 Å². The molecule has 1 aliphatic rings. The van der Waals surface area contributed by atoms with Crippen LogP contribution in [0.15, 0.2) is 90.8 Å². The minimum Gasteiger partial charge on any atom is -0.405 e. The molecule has 0 saturated carbocycles. The monoisotopic (exact) mass is 373 g/mol. The molecule has 0 saturated heterocycles. The second-order valence-electron chi connectivity index (χ2n) is 6.87. The Balaban J connectivity index is 2.27.